The zero-order valence-electron chi connectivity index (χ0n) is 13.5. The van der Waals surface area contributed by atoms with Gasteiger partial charge in [0.15, 0.2) is 0 Å². The maximum atomic E-state index is 6.28. The van der Waals surface area contributed by atoms with Gasteiger partial charge in [-0.25, -0.2) is 9.97 Å². The van der Waals surface area contributed by atoms with Crippen LogP contribution in [-0.2, 0) is 0 Å². The van der Waals surface area contributed by atoms with Crippen molar-refractivity contribution in [3.8, 4) is 23.6 Å². The molecule has 6 nitrogen and oxygen atoms in total. The normalized spacial score (nSPS) is 16.8. The van der Waals surface area contributed by atoms with E-state index in [1.54, 1.807) is 6.20 Å². The van der Waals surface area contributed by atoms with E-state index < -0.39 is 5.54 Å². The molecular weight excluding hydrogens is 336 g/mol. The zero-order valence-corrected chi connectivity index (χ0v) is 14.3. The van der Waals surface area contributed by atoms with Crippen molar-refractivity contribution in [3.05, 3.63) is 35.5 Å². The van der Waals surface area contributed by atoms with E-state index in [9.17, 15) is 0 Å². The first kappa shape index (κ1) is 15.9. The van der Waals surface area contributed by atoms with Crippen LogP contribution in [0.15, 0.2) is 30.5 Å². The summed E-state index contributed by atoms with van der Waals surface area (Å²) in [7, 11) is 0. The van der Waals surface area contributed by atoms with E-state index in [2.05, 4.69) is 31.0 Å². The summed E-state index contributed by atoms with van der Waals surface area (Å²) in [5, 5.41) is 7.94. The van der Waals surface area contributed by atoms with Crippen LogP contribution in [0.3, 0.4) is 0 Å². The molecule has 0 aliphatic carbocycles. The van der Waals surface area contributed by atoms with Crippen molar-refractivity contribution >= 4 is 28.6 Å². The minimum Gasteiger partial charge on any atom is -0.355 e. The van der Waals surface area contributed by atoms with E-state index in [4.69, 9.17) is 23.8 Å². The van der Waals surface area contributed by atoms with Crippen LogP contribution in [0.25, 0.3) is 22.4 Å². The maximum absolute atomic E-state index is 6.28. The van der Waals surface area contributed by atoms with Crippen molar-refractivity contribution in [2.75, 3.05) is 18.0 Å². The predicted octanol–water partition coefficient (Wildman–Crippen LogP) is 2.60. The molecule has 0 spiro atoms. The quantitative estimate of drug-likeness (QED) is 0.693. The fourth-order valence-electron chi connectivity index (χ4n) is 3.07. The number of hydrogen-bond acceptors (Lipinski definition) is 5. The number of terminal acetylenes is 1. The first-order valence-corrected chi connectivity index (χ1v) is 8.45. The lowest BCUT2D eigenvalue weighted by molar-refractivity contribution is 0.418. The largest absolute Gasteiger partial charge is 0.355 e. The van der Waals surface area contributed by atoms with Crippen molar-refractivity contribution in [1.29, 1.82) is 0 Å². The molecule has 3 N–H and O–H groups in total. The average molecular weight is 353 g/mol. The third-order valence-corrected chi connectivity index (χ3v) is 4.99. The first-order chi connectivity index (χ1) is 12.1. The van der Waals surface area contributed by atoms with Crippen LogP contribution in [-0.4, -0.2) is 38.8 Å². The Bertz CT molecular complexity index is 965. The highest BCUT2D eigenvalue weighted by Crippen LogP contribution is 2.31. The molecule has 0 amide bonds. The molecular formula is C18H17ClN6. The van der Waals surface area contributed by atoms with Crippen LogP contribution in [0.5, 0.6) is 0 Å². The van der Waals surface area contributed by atoms with Crippen molar-refractivity contribution in [1.82, 2.24) is 20.2 Å². The number of halogens is 1. The van der Waals surface area contributed by atoms with Gasteiger partial charge in [0, 0.05) is 18.7 Å². The Labute approximate surface area is 150 Å². The van der Waals surface area contributed by atoms with Gasteiger partial charge in [0.25, 0.3) is 0 Å². The summed E-state index contributed by atoms with van der Waals surface area (Å²) in [4.78, 5) is 11.3. The summed E-state index contributed by atoms with van der Waals surface area (Å²) in [5.41, 5.74) is 8.51. The molecule has 2 aromatic heterocycles. The average Bonchev–Trinajstić information content (AvgIpc) is 3.06. The van der Waals surface area contributed by atoms with Crippen LogP contribution in [0, 0.1) is 12.3 Å². The molecule has 126 valence electrons. The summed E-state index contributed by atoms with van der Waals surface area (Å²) < 4.78 is 0. The lowest BCUT2D eigenvalue weighted by Gasteiger charge is -2.36. The first-order valence-electron chi connectivity index (χ1n) is 8.07. The second-order valence-electron chi connectivity index (χ2n) is 6.27. The summed E-state index contributed by atoms with van der Waals surface area (Å²) in [6.07, 6.45) is 8.74. The summed E-state index contributed by atoms with van der Waals surface area (Å²) in [5.74, 6) is 3.48. The Morgan fingerprint density at radius 3 is 2.76 bits per heavy atom. The molecule has 7 heteroatoms. The summed E-state index contributed by atoms with van der Waals surface area (Å²) >= 11 is 6.28. The van der Waals surface area contributed by atoms with E-state index in [0.717, 1.165) is 43.0 Å². The minimum atomic E-state index is -0.516. The number of H-pyrrole nitrogens is 1. The van der Waals surface area contributed by atoms with Crippen molar-refractivity contribution in [3.63, 3.8) is 0 Å². The van der Waals surface area contributed by atoms with E-state index in [-0.39, 0.29) is 0 Å². The van der Waals surface area contributed by atoms with E-state index in [1.165, 1.54) is 0 Å². The number of piperidine rings is 1. The molecule has 0 unspecified atom stereocenters. The van der Waals surface area contributed by atoms with Crippen LogP contribution >= 0.6 is 11.6 Å². The second kappa shape index (κ2) is 6.03. The number of aromatic amines is 1. The third-order valence-electron chi connectivity index (χ3n) is 4.66. The number of nitrogens with zero attached hydrogens (tertiary/aromatic N) is 4. The van der Waals surface area contributed by atoms with Gasteiger partial charge in [-0.15, -0.1) is 6.42 Å². The van der Waals surface area contributed by atoms with E-state index in [0.29, 0.717) is 16.2 Å². The number of nitrogens with one attached hydrogen (secondary N) is 1. The van der Waals surface area contributed by atoms with Gasteiger partial charge in [0.05, 0.1) is 22.5 Å². The highest BCUT2D eigenvalue weighted by Gasteiger charge is 2.29. The van der Waals surface area contributed by atoms with Crippen molar-refractivity contribution < 1.29 is 0 Å². The molecule has 0 bridgehead atoms. The molecule has 0 saturated carbocycles. The van der Waals surface area contributed by atoms with Gasteiger partial charge in [-0.2, -0.15) is 5.10 Å². The topological polar surface area (TPSA) is 83.7 Å². The smallest absolute Gasteiger partial charge is 0.202 e. The Morgan fingerprint density at radius 2 is 2.04 bits per heavy atom. The van der Waals surface area contributed by atoms with Gasteiger partial charge in [-0.3, -0.25) is 5.10 Å². The Morgan fingerprint density at radius 1 is 1.28 bits per heavy atom. The molecule has 25 heavy (non-hydrogen) atoms. The molecule has 1 fully saturated rings. The predicted molar refractivity (Wildman–Crippen MR) is 99.3 cm³/mol. The number of anilines is 1. The van der Waals surface area contributed by atoms with Crippen LogP contribution in [0.2, 0.25) is 5.02 Å². The van der Waals surface area contributed by atoms with E-state index in [1.807, 2.05) is 24.3 Å². The van der Waals surface area contributed by atoms with Gasteiger partial charge in [0.2, 0.25) is 5.65 Å². The Hall–Kier alpha value is -2.62. The molecule has 1 aliphatic heterocycles. The molecule has 3 aromatic rings. The molecule has 0 atom stereocenters. The zero-order chi connectivity index (χ0) is 17.4. The number of aromatic nitrogens is 4. The molecule has 4 rings (SSSR count). The van der Waals surface area contributed by atoms with Crippen LogP contribution in [0.4, 0.5) is 5.82 Å². The lowest BCUT2D eigenvalue weighted by atomic mass is 9.90. The molecule has 1 saturated heterocycles. The maximum Gasteiger partial charge on any atom is 0.202 e. The minimum absolute atomic E-state index is 0.516. The standard InChI is InChI=1S/C18H17ClN6/c1-2-18(20)7-9-25(10-8-18)14-11-21-16-15(23-24-17(16)22-14)12-5-3-4-6-13(12)19/h1,3-6,11H,7-10,20H2,(H,22,23,24). The van der Waals surface area contributed by atoms with E-state index >= 15 is 0 Å². The molecule has 1 aromatic carbocycles. The fourth-order valence-corrected chi connectivity index (χ4v) is 3.30. The van der Waals surface area contributed by atoms with Gasteiger partial charge in [0.1, 0.15) is 11.3 Å². The van der Waals surface area contributed by atoms with Gasteiger partial charge >= 0.3 is 0 Å². The number of benzene rings is 1. The third kappa shape index (κ3) is 2.82. The number of nitrogens with two attached hydrogens (primary N) is 1. The number of fused-ring (bicyclic) bond motifs is 1. The molecule has 3 heterocycles. The van der Waals surface area contributed by atoms with Gasteiger partial charge in [-0.05, 0) is 18.9 Å². The van der Waals surface area contributed by atoms with Crippen LogP contribution in [0.1, 0.15) is 12.8 Å². The highest BCUT2D eigenvalue weighted by atomic mass is 35.5. The molecule has 0 radical (unpaired) electrons. The fraction of sp³-hybridized carbons (Fsp3) is 0.278. The number of rotatable bonds is 2. The van der Waals surface area contributed by atoms with Crippen molar-refractivity contribution in [2.24, 2.45) is 5.73 Å². The van der Waals surface area contributed by atoms with Crippen LogP contribution < -0.4 is 10.6 Å². The SMILES string of the molecule is C#CC1(N)CCN(c2cnc3c(-c4ccccc4Cl)[nH]nc3n2)CC1. The Kier molecular flexibility index (Phi) is 3.83. The Balaban J connectivity index is 1.65. The van der Waals surface area contributed by atoms with Crippen molar-refractivity contribution in [2.45, 2.75) is 18.4 Å². The van der Waals surface area contributed by atoms with Gasteiger partial charge in [-0.1, -0.05) is 35.7 Å². The number of hydrogen-bond donors (Lipinski definition) is 2. The monoisotopic (exact) mass is 352 g/mol. The van der Waals surface area contributed by atoms with Gasteiger partial charge < -0.3 is 10.6 Å². The highest BCUT2D eigenvalue weighted by molar-refractivity contribution is 6.33. The second-order valence-corrected chi connectivity index (χ2v) is 6.67. The summed E-state index contributed by atoms with van der Waals surface area (Å²) in [6, 6.07) is 7.58. The lowest BCUT2D eigenvalue weighted by Crippen LogP contribution is -2.49. The summed E-state index contributed by atoms with van der Waals surface area (Å²) in [6.45, 7) is 1.51. The molecule has 1 aliphatic rings.